The average Bonchev–Trinajstić information content (AvgIpc) is 3.21. The number of amides is 1. The lowest BCUT2D eigenvalue weighted by Crippen LogP contribution is -2.40. The number of para-hydroxylation sites is 3. The predicted octanol–water partition coefficient (Wildman–Crippen LogP) is 3.40. The van der Waals surface area contributed by atoms with E-state index in [0.717, 1.165) is 29.8 Å². The molecule has 29 heavy (non-hydrogen) atoms. The van der Waals surface area contributed by atoms with Crippen LogP contribution < -0.4 is 4.74 Å². The van der Waals surface area contributed by atoms with Crippen LogP contribution in [-0.2, 0) is 9.53 Å². The van der Waals surface area contributed by atoms with Gasteiger partial charge in [0.1, 0.15) is 16.8 Å². The van der Waals surface area contributed by atoms with Crippen LogP contribution in [0.15, 0.2) is 52.9 Å². The van der Waals surface area contributed by atoms with Crippen LogP contribution in [0.1, 0.15) is 35.0 Å². The summed E-state index contributed by atoms with van der Waals surface area (Å²) in [7, 11) is 1.48. The number of carbonyl (C=O) groups is 2. The Kier molecular flexibility index (Phi) is 5.46. The largest absolute Gasteiger partial charge is 0.496 e. The number of oxazole rings is 1. The first-order valence-electron chi connectivity index (χ1n) is 9.59. The van der Waals surface area contributed by atoms with Crippen molar-refractivity contribution in [3.05, 3.63) is 60.0 Å². The van der Waals surface area contributed by atoms with E-state index in [2.05, 4.69) is 4.98 Å². The molecule has 1 amide bonds. The minimum Gasteiger partial charge on any atom is -0.496 e. The summed E-state index contributed by atoms with van der Waals surface area (Å²) in [6.45, 7) is 0.868. The molecule has 0 unspecified atom stereocenters. The van der Waals surface area contributed by atoms with Crippen molar-refractivity contribution in [2.45, 2.75) is 18.8 Å². The van der Waals surface area contributed by atoms with Gasteiger partial charge < -0.3 is 18.8 Å². The predicted molar refractivity (Wildman–Crippen MR) is 106 cm³/mol. The number of aromatic nitrogens is 1. The zero-order valence-corrected chi connectivity index (χ0v) is 16.2. The smallest absolute Gasteiger partial charge is 0.342 e. The van der Waals surface area contributed by atoms with Gasteiger partial charge in [0.2, 0.25) is 0 Å². The first-order valence-corrected chi connectivity index (χ1v) is 9.59. The second-order valence-electron chi connectivity index (χ2n) is 6.95. The summed E-state index contributed by atoms with van der Waals surface area (Å²) in [4.78, 5) is 31.0. The molecule has 0 atom stereocenters. The number of methoxy groups -OCH3 is 1. The minimum atomic E-state index is -0.572. The Balaban J connectivity index is 1.30. The molecule has 0 aliphatic carbocycles. The third-order valence-electron chi connectivity index (χ3n) is 5.16. The van der Waals surface area contributed by atoms with E-state index in [4.69, 9.17) is 13.9 Å². The highest BCUT2D eigenvalue weighted by atomic mass is 16.5. The molecule has 3 aromatic rings. The fraction of sp³-hybridized carbons (Fsp3) is 0.318. The van der Waals surface area contributed by atoms with Crippen molar-refractivity contribution >= 4 is 23.0 Å². The zero-order valence-electron chi connectivity index (χ0n) is 16.2. The van der Waals surface area contributed by atoms with Crippen LogP contribution in [0.3, 0.4) is 0 Å². The lowest BCUT2D eigenvalue weighted by molar-refractivity contribution is -0.135. The van der Waals surface area contributed by atoms with Crippen molar-refractivity contribution < 1.29 is 23.5 Å². The summed E-state index contributed by atoms with van der Waals surface area (Å²) in [6, 6.07) is 14.5. The first kappa shape index (κ1) is 19.0. The number of esters is 1. The van der Waals surface area contributed by atoms with Crippen LogP contribution in [0.2, 0.25) is 0 Å². The number of likely N-dealkylation sites (tertiary alicyclic amines) is 1. The van der Waals surface area contributed by atoms with Crippen LogP contribution in [0.4, 0.5) is 0 Å². The average molecular weight is 394 g/mol. The minimum absolute atomic E-state index is 0.183. The van der Waals surface area contributed by atoms with Crippen LogP contribution in [-0.4, -0.2) is 48.6 Å². The Hall–Kier alpha value is -3.35. The Morgan fingerprint density at radius 1 is 1.10 bits per heavy atom. The molecular formula is C22H22N2O5. The molecule has 1 aromatic heterocycles. The summed E-state index contributed by atoms with van der Waals surface area (Å²) in [5, 5.41) is 0. The highest BCUT2D eigenvalue weighted by molar-refractivity contribution is 5.94. The van der Waals surface area contributed by atoms with Crippen molar-refractivity contribution in [2.24, 2.45) is 0 Å². The number of piperidine rings is 1. The molecule has 2 aromatic carbocycles. The Labute approximate surface area is 168 Å². The number of hydrogen-bond acceptors (Lipinski definition) is 6. The van der Waals surface area contributed by atoms with Crippen LogP contribution >= 0.6 is 0 Å². The molecule has 0 spiro atoms. The molecule has 150 valence electrons. The maximum atomic E-state index is 12.5. The highest BCUT2D eigenvalue weighted by Crippen LogP contribution is 2.30. The van der Waals surface area contributed by atoms with Gasteiger partial charge in [-0.1, -0.05) is 24.3 Å². The molecule has 0 bridgehead atoms. The van der Waals surface area contributed by atoms with Crippen molar-refractivity contribution in [1.82, 2.24) is 9.88 Å². The van der Waals surface area contributed by atoms with E-state index >= 15 is 0 Å². The molecule has 1 aliphatic heterocycles. The molecule has 4 rings (SSSR count). The number of nitrogens with zero attached hydrogens (tertiary/aromatic N) is 2. The van der Waals surface area contributed by atoms with Gasteiger partial charge in [0.05, 0.1) is 7.11 Å². The number of rotatable bonds is 5. The van der Waals surface area contributed by atoms with E-state index in [1.165, 1.54) is 7.11 Å². The van der Waals surface area contributed by atoms with E-state index in [1.54, 1.807) is 29.2 Å². The molecule has 7 heteroatoms. The molecule has 0 N–H and O–H groups in total. The van der Waals surface area contributed by atoms with E-state index < -0.39 is 5.97 Å². The number of ether oxygens (including phenoxy) is 2. The van der Waals surface area contributed by atoms with Crippen molar-refractivity contribution in [3.8, 4) is 5.75 Å². The fourth-order valence-electron chi connectivity index (χ4n) is 3.55. The van der Waals surface area contributed by atoms with Gasteiger partial charge in [0, 0.05) is 19.0 Å². The molecule has 7 nitrogen and oxygen atoms in total. The maximum Gasteiger partial charge on any atom is 0.342 e. The third kappa shape index (κ3) is 4.08. The quantitative estimate of drug-likeness (QED) is 0.617. The summed E-state index contributed by atoms with van der Waals surface area (Å²) in [5.74, 6) is 0.550. The second kappa shape index (κ2) is 8.34. The monoisotopic (exact) mass is 394 g/mol. The Bertz CT molecular complexity index is 988. The van der Waals surface area contributed by atoms with E-state index in [9.17, 15) is 9.59 Å². The van der Waals surface area contributed by atoms with Gasteiger partial charge in [-0.15, -0.1) is 0 Å². The Morgan fingerprint density at radius 3 is 2.59 bits per heavy atom. The summed E-state index contributed by atoms with van der Waals surface area (Å²) < 4.78 is 16.2. The van der Waals surface area contributed by atoms with Crippen molar-refractivity contribution in [3.63, 3.8) is 0 Å². The molecular weight excluding hydrogens is 372 g/mol. The fourth-order valence-corrected chi connectivity index (χ4v) is 3.55. The molecule has 0 saturated carbocycles. The zero-order chi connectivity index (χ0) is 20.2. The highest BCUT2D eigenvalue weighted by Gasteiger charge is 2.27. The van der Waals surface area contributed by atoms with E-state index in [1.807, 2.05) is 24.3 Å². The van der Waals surface area contributed by atoms with Crippen molar-refractivity contribution in [2.75, 3.05) is 26.8 Å². The molecule has 2 heterocycles. The summed E-state index contributed by atoms with van der Waals surface area (Å²) in [5.41, 5.74) is 1.94. The molecule has 0 radical (unpaired) electrons. The lowest BCUT2D eigenvalue weighted by atomic mass is 9.97. The normalized spacial score (nSPS) is 14.7. The van der Waals surface area contributed by atoms with Crippen LogP contribution in [0, 0.1) is 0 Å². The van der Waals surface area contributed by atoms with Crippen LogP contribution in [0.25, 0.3) is 11.1 Å². The third-order valence-corrected chi connectivity index (χ3v) is 5.16. The number of benzene rings is 2. The van der Waals surface area contributed by atoms with Gasteiger partial charge in [-0.2, -0.15) is 0 Å². The Morgan fingerprint density at radius 2 is 1.83 bits per heavy atom. The van der Waals surface area contributed by atoms with Gasteiger partial charge in [0.15, 0.2) is 18.1 Å². The van der Waals surface area contributed by atoms with Gasteiger partial charge >= 0.3 is 5.97 Å². The van der Waals surface area contributed by atoms with Crippen molar-refractivity contribution in [1.29, 1.82) is 0 Å². The topological polar surface area (TPSA) is 81.9 Å². The lowest BCUT2D eigenvalue weighted by Gasteiger charge is -2.30. The molecule has 1 fully saturated rings. The first-order chi connectivity index (χ1) is 14.2. The van der Waals surface area contributed by atoms with Crippen LogP contribution in [0.5, 0.6) is 5.75 Å². The SMILES string of the molecule is COc1ccccc1C(=O)OCC(=O)N1CCC(c2nc3ccccc3o2)CC1. The standard InChI is InChI=1S/C22H22N2O5/c1-27-18-8-4-2-6-16(18)22(26)28-14-20(25)24-12-10-15(11-13-24)21-23-17-7-3-5-9-19(17)29-21/h2-9,15H,10-14H2,1H3. The van der Waals surface area contributed by atoms with E-state index in [0.29, 0.717) is 24.4 Å². The summed E-state index contributed by atoms with van der Waals surface area (Å²) in [6.07, 6.45) is 1.53. The van der Waals surface area contributed by atoms with Gasteiger partial charge in [-0.05, 0) is 37.1 Å². The second-order valence-corrected chi connectivity index (χ2v) is 6.95. The number of fused-ring (bicyclic) bond motifs is 1. The molecule has 1 aliphatic rings. The van der Waals surface area contributed by atoms with Gasteiger partial charge in [0.25, 0.3) is 5.91 Å². The van der Waals surface area contributed by atoms with Gasteiger partial charge in [-0.3, -0.25) is 4.79 Å². The van der Waals surface area contributed by atoms with E-state index in [-0.39, 0.29) is 18.4 Å². The maximum absolute atomic E-state index is 12.5. The number of hydrogen-bond donors (Lipinski definition) is 0. The number of carbonyl (C=O) groups excluding carboxylic acids is 2. The molecule has 1 saturated heterocycles. The summed E-state index contributed by atoms with van der Waals surface area (Å²) >= 11 is 0. The van der Waals surface area contributed by atoms with Gasteiger partial charge in [-0.25, -0.2) is 9.78 Å².